The summed E-state index contributed by atoms with van der Waals surface area (Å²) in [6.07, 6.45) is 13.5. The second-order valence-electron chi connectivity index (χ2n) is 32.4. The molecule has 16 nitrogen and oxygen atoms in total. The van der Waals surface area contributed by atoms with Crippen LogP contribution >= 0.6 is 22.7 Å². The average molecular weight is 1410 g/mol. The molecule has 100 heavy (non-hydrogen) atoms. The molecule has 3 aromatic carbocycles. The summed E-state index contributed by atoms with van der Waals surface area (Å²) >= 11 is 3.24. The second kappa shape index (κ2) is 28.5. The predicted molar refractivity (Wildman–Crippen MR) is 406 cm³/mol. The van der Waals surface area contributed by atoms with Crippen molar-refractivity contribution in [3.05, 3.63) is 121 Å². The summed E-state index contributed by atoms with van der Waals surface area (Å²) in [5.41, 5.74) is 10.8. The third kappa shape index (κ3) is 13.8. The molecule has 1 N–H and O–H groups in total. The first-order valence-electron chi connectivity index (χ1n) is 37.7. The van der Waals surface area contributed by atoms with Crippen molar-refractivity contribution in [1.82, 2.24) is 48.2 Å². The van der Waals surface area contributed by atoms with Gasteiger partial charge in [0.25, 0.3) is 10.0 Å². The summed E-state index contributed by atoms with van der Waals surface area (Å²) in [6.45, 7) is 36.9. The maximum absolute atomic E-state index is 15.1. The quantitative estimate of drug-likeness (QED) is 0.0880. The smallest absolute Gasteiger partial charge is 0.269 e. The first kappa shape index (κ1) is 70.8. The Balaban J connectivity index is 0.000000174. The number of piperazine rings is 2. The number of likely N-dealkylation sites (tertiary alicyclic amines) is 2. The lowest BCUT2D eigenvalue weighted by atomic mass is 9.88. The Morgan fingerprint density at radius 1 is 0.480 bits per heavy atom. The van der Waals surface area contributed by atoms with Crippen LogP contribution < -0.4 is 0 Å². The van der Waals surface area contributed by atoms with Gasteiger partial charge in [-0.05, 0) is 216 Å². The average Bonchev–Trinajstić information content (AvgIpc) is 1.54. The van der Waals surface area contributed by atoms with Crippen LogP contribution in [0.5, 0.6) is 0 Å². The van der Waals surface area contributed by atoms with Crippen molar-refractivity contribution < 1.29 is 27.6 Å². The van der Waals surface area contributed by atoms with Crippen molar-refractivity contribution in [1.29, 1.82) is 0 Å². The minimum Gasteiger partial charge on any atom is -0.346 e. The van der Waals surface area contributed by atoms with Gasteiger partial charge >= 0.3 is 0 Å². The molecule has 0 aliphatic carbocycles. The standard InChI is InChI=1S/C44H57N5O4S2.C37H51N5O2S/c1-29-9-15-36(16-10-29)55(52,53)49-41(33-24-30(2)23-31(3)25-33)40(32(4)27-45-19-21-46(22-20-45)28-39(50)47-17-7-8-18-47)37-26-38(54-42(37)49)44(5,6)43(51)48-34-11-12-35(48)14-13-34;1-24-18-25(2)20-27(19-24)34-33(26(3)22-39-14-16-40(17-15-39)23-32(43)41-12-6-7-13-41)30-21-31(45-35(30)38-34)37(4,5)36(44)42-28-8-9-29(42)11-10-28/h9-10,15-16,23-26,32,34-35H,7-8,11-14,17-22,27-28H2,1-6H3;18-21,26,28-29,38H,6-17,22-23H2,1-5H3/t32-,34?,35?;26-,28?,29?/m11/s1. The highest BCUT2D eigenvalue weighted by Gasteiger charge is 2.50. The molecule has 12 heterocycles. The third-order valence-corrected chi connectivity index (χ3v) is 28.7. The van der Waals surface area contributed by atoms with Crippen molar-refractivity contribution in [2.45, 2.75) is 205 Å². The van der Waals surface area contributed by atoms with E-state index in [-0.39, 0.29) is 22.6 Å². The summed E-state index contributed by atoms with van der Waals surface area (Å²) in [7, 11) is -4.06. The number of H-pyrrole nitrogens is 1. The van der Waals surface area contributed by atoms with Gasteiger partial charge in [-0.25, -0.2) is 12.4 Å². The number of hydrogen-bond donors (Lipinski definition) is 1. The predicted octanol–water partition coefficient (Wildman–Crippen LogP) is 13.6. The minimum atomic E-state index is -4.06. The zero-order valence-electron chi connectivity index (χ0n) is 61.4. The maximum atomic E-state index is 15.1. The lowest BCUT2D eigenvalue weighted by Crippen LogP contribution is -2.50. The molecule has 7 aromatic rings. The Morgan fingerprint density at radius 2 is 0.870 bits per heavy atom. The number of aromatic nitrogens is 2. The molecule has 0 saturated carbocycles. The summed E-state index contributed by atoms with van der Waals surface area (Å²) in [4.78, 5) is 80.3. The van der Waals surface area contributed by atoms with Crippen molar-refractivity contribution in [3.8, 4) is 22.5 Å². The number of nitrogens with one attached hydrogen (secondary N) is 1. The zero-order chi connectivity index (χ0) is 70.3. The SMILES string of the molecule is Cc1cc(C)cc(-c2[nH]c3sc(C(C)(C)C(=O)N4C5CCC4CC5)cc3c2[C@H](C)CN2CCN(CC(=O)N3CCCC3)CC2)c1.Cc1ccc(S(=O)(=O)n2c(-c3cc(C)cc(C)c3)c([C@H](C)CN3CCN(CC(=O)N4CCCC4)CC3)c3cc(C(C)(C)C(=O)N4C5CCC4CC5)sc32)cc1. The molecule has 8 aliphatic heterocycles. The zero-order valence-corrected chi connectivity index (χ0v) is 63.8. The van der Waals surface area contributed by atoms with Crippen molar-refractivity contribution >= 4 is 76.8 Å². The molecule has 0 spiro atoms. The van der Waals surface area contributed by atoms with Crippen LogP contribution in [0, 0.1) is 34.6 Å². The topological polar surface area (TPSA) is 149 Å². The van der Waals surface area contributed by atoms with E-state index in [1.807, 2.05) is 42.7 Å². The van der Waals surface area contributed by atoms with Gasteiger partial charge in [0, 0.05) is 142 Å². The maximum Gasteiger partial charge on any atom is 0.269 e. The van der Waals surface area contributed by atoms with E-state index in [0.29, 0.717) is 65.5 Å². The molecule has 4 aromatic heterocycles. The second-order valence-corrected chi connectivity index (χ2v) is 36.3. The van der Waals surface area contributed by atoms with E-state index in [9.17, 15) is 19.2 Å². The van der Waals surface area contributed by atoms with Crippen LogP contribution in [0.2, 0.25) is 0 Å². The van der Waals surface area contributed by atoms with Crippen molar-refractivity contribution in [2.24, 2.45) is 0 Å². The number of benzene rings is 3. The number of rotatable bonds is 18. The molecule has 8 aliphatic rings. The monoisotopic (exact) mass is 1410 g/mol. The number of thiophene rings is 2. The van der Waals surface area contributed by atoms with Crippen LogP contribution in [0.3, 0.4) is 0 Å². The van der Waals surface area contributed by atoms with E-state index in [1.54, 1.807) is 27.4 Å². The Hall–Kier alpha value is -6.19. The Labute approximate surface area is 602 Å². The van der Waals surface area contributed by atoms with Gasteiger partial charge in [-0.1, -0.05) is 65.9 Å². The third-order valence-electron chi connectivity index (χ3n) is 24.0. The normalized spacial score (nSPS) is 22.5. The van der Waals surface area contributed by atoms with E-state index >= 15 is 8.42 Å². The molecule has 15 rings (SSSR count). The van der Waals surface area contributed by atoms with Gasteiger partial charge < -0.3 is 34.4 Å². The first-order chi connectivity index (χ1) is 47.8. The number of carbonyl (C=O) groups is 4. The Kier molecular flexibility index (Phi) is 20.2. The highest BCUT2D eigenvalue weighted by Crippen LogP contribution is 2.50. The minimum absolute atomic E-state index is 0.0266. The fourth-order valence-corrected chi connectivity index (χ4v) is 22.8. The molecular formula is C81H108N10O6S3. The number of hydrogen-bond acceptors (Lipinski definition) is 12. The van der Waals surface area contributed by atoms with Gasteiger partial charge in [0.2, 0.25) is 23.6 Å². The van der Waals surface area contributed by atoms with Crippen LogP contribution in [0.1, 0.15) is 179 Å². The number of nitrogens with zero attached hydrogens (tertiary/aromatic N) is 9. The Bertz CT molecular complexity index is 4240. The fraction of sp³-hybridized carbons (Fsp3) is 0.580. The van der Waals surface area contributed by atoms with Gasteiger partial charge in [-0.15, -0.1) is 22.7 Å². The van der Waals surface area contributed by atoms with Gasteiger partial charge in [-0.3, -0.25) is 29.0 Å². The van der Waals surface area contributed by atoms with Gasteiger partial charge in [-0.2, -0.15) is 0 Å². The van der Waals surface area contributed by atoms with Crippen molar-refractivity contribution in [3.63, 3.8) is 0 Å². The summed E-state index contributed by atoms with van der Waals surface area (Å²) in [5.74, 6) is 1.28. The summed E-state index contributed by atoms with van der Waals surface area (Å²) in [5, 5.41) is 2.19. The molecule has 0 radical (unpaired) electrons. The van der Waals surface area contributed by atoms with E-state index in [0.717, 1.165) is 186 Å². The molecule has 0 unspecified atom stereocenters. The van der Waals surface area contributed by atoms with E-state index in [2.05, 4.69) is 138 Å². The summed E-state index contributed by atoms with van der Waals surface area (Å²) < 4.78 is 31.8. The van der Waals surface area contributed by atoms with E-state index in [4.69, 9.17) is 0 Å². The highest BCUT2D eigenvalue weighted by atomic mass is 32.2. The van der Waals surface area contributed by atoms with Crippen LogP contribution in [-0.4, -0.2) is 209 Å². The molecular weight excluding hydrogens is 1310 g/mol. The fourth-order valence-electron chi connectivity index (χ4n) is 18.5. The van der Waals surface area contributed by atoms with Crippen LogP contribution in [0.25, 0.3) is 42.9 Å². The molecule has 19 heteroatoms. The van der Waals surface area contributed by atoms with E-state index < -0.39 is 20.9 Å². The van der Waals surface area contributed by atoms with Gasteiger partial charge in [0.1, 0.15) is 9.66 Å². The number of aryl methyl sites for hydroxylation is 5. The first-order valence-corrected chi connectivity index (χ1v) is 40.8. The molecule has 4 bridgehead atoms. The number of fused-ring (bicyclic) bond motifs is 6. The molecule has 8 saturated heterocycles. The lowest BCUT2D eigenvalue weighted by Gasteiger charge is -2.36. The van der Waals surface area contributed by atoms with Crippen LogP contribution in [0.4, 0.5) is 0 Å². The van der Waals surface area contributed by atoms with Gasteiger partial charge in [0.05, 0.1) is 40.2 Å². The van der Waals surface area contributed by atoms with Crippen molar-refractivity contribution in [2.75, 3.05) is 105 Å². The summed E-state index contributed by atoms with van der Waals surface area (Å²) in [6, 6.07) is 26.3. The number of amides is 4. The number of aromatic amines is 1. The highest BCUT2D eigenvalue weighted by molar-refractivity contribution is 7.90. The van der Waals surface area contributed by atoms with Crippen LogP contribution in [-0.2, 0) is 40.0 Å². The van der Waals surface area contributed by atoms with E-state index in [1.165, 1.54) is 75.2 Å². The molecule has 536 valence electrons. The lowest BCUT2D eigenvalue weighted by molar-refractivity contribution is -0.138. The largest absolute Gasteiger partial charge is 0.346 e. The Morgan fingerprint density at radius 3 is 1.31 bits per heavy atom. The van der Waals surface area contributed by atoms with Gasteiger partial charge in [0.15, 0.2) is 0 Å². The molecule has 2 atom stereocenters. The van der Waals surface area contributed by atoms with Crippen LogP contribution in [0.15, 0.2) is 77.7 Å². The molecule has 8 fully saturated rings. The molecule has 4 amide bonds. The number of carbonyl (C=O) groups excluding carboxylic acids is 4.